The monoisotopic (exact) mass is 453 g/mol. The van der Waals surface area contributed by atoms with Crippen molar-refractivity contribution < 1.29 is 19.5 Å². The Hall–Kier alpha value is -3.56. The quantitative estimate of drug-likeness (QED) is 0.421. The fourth-order valence-corrected chi connectivity index (χ4v) is 3.02. The van der Waals surface area contributed by atoms with Gasteiger partial charge in [-0.05, 0) is 50.9 Å². The number of carbonyl (C=O) groups is 3. The van der Waals surface area contributed by atoms with Crippen molar-refractivity contribution in [3.8, 4) is 0 Å². The average molecular weight is 454 g/mol. The fourth-order valence-electron chi connectivity index (χ4n) is 3.02. The van der Waals surface area contributed by atoms with Crippen LogP contribution < -0.4 is 10.6 Å². The molecule has 0 aliphatic rings. The van der Waals surface area contributed by atoms with Gasteiger partial charge in [-0.2, -0.15) is 0 Å². The van der Waals surface area contributed by atoms with Gasteiger partial charge in [0.15, 0.2) is 0 Å². The summed E-state index contributed by atoms with van der Waals surface area (Å²) in [4.78, 5) is 44.0. The molecule has 3 N–H and O–H groups in total. The van der Waals surface area contributed by atoms with Crippen molar-refractivity contribution in [3.05, 3.63) is 65.5 Å². The molecule has 9 nitrogen and oxygen atoms in total. The number of hydrogen-bond acceptors (Lipinski definition) is 6. The van der Waals surface area contributed by atoms with Crippen molar-refractivity contribution in [1.82, 2.24) is 20.1 Å². The van der Waals surface area contributed by atoms with Gasteiger partial charge < -0.3 is 25.5 Å². The predicted molar refractivity (Wildman–Crippen MR) is 128 cm³/mol. The van der Waals surface area contributed by atoms with Crippen molar-refractivity contribution >= 4 is 29.5 Å². The summed E-state index contributed by atoms with van der Waals surface area (Å²) in [6.45, 7) is 4.59. The summed E-state index contributed by atoms with van der Waals surface area (Å²) in [6, 6.07) is 10.2. The number of carboxylic acids is 1. The van der Waals surface area contributed by atoms with E-state index in [0.717, 1.165) is 12.6 Å². The second kappa shape index (κ2) is 13.1. The third-order valence-corrected chi connectivity index (χ3v) is 4.83. The number of rotatable bonds is 12. The largest absolute Gasteiger partial charge is 0.478 e. The maximum atomic E-state index is 12.7. The first-order valence-corrected chi connectivity index (χ1v) is 10.7. The number of nitrogens with one attached hydrogen (secondary N) is 2. The third-order valence-electron chi connectivity index (χ3n) is 4.83. The Kier molecular flexibility index (Phi) is 10.2. The van der Waals surface area contributed by atoms with E-state index in [0.29, 0.717) is 42.1 Å². The number of aromatic nitrogens is 1. The molecule has 1 heterocycles. The number of benzene rings is 1. The van der Waals surface area contributed by atoms with Crippen LogP contribution in [0.5, 0.6) is 0 Å². The van der Waals surface area contributed by atoms with Crippen LogP contribution in [-0.4, -0.2) is 77.9 Å². The highest BCUT2D eigenvalue weighted by atomic mass is 16.4. The lowest BCUT2D eigenvalue weighted by Crippen LogP contribution is -2.41. The van der Waals surface area contributed by atoms with Crippen LogP contribution in [0, 0.1) is 0 Å². The Bertz CT molecular complexity index is 990. The molecular formula is C24H31N5O4. The predicted octanol–water partition coefficient (Wildman–Crippen LogP) is 1.93. The molecule has 0 spiro atoms. The van der Waals surface area contributed by atoms with E-state index < -0.39 is 5.97 Å². The number of carbonyl (C=O) groups excluding carboxylic acids is 2. The van der Waals surface area contributed by atoms with E-state index in [9.17, 15) is 14.4 Å². The van der Waals surface area contributed by atoms with Gasteiger partial charge in [-0.3, -0.25) is 14.6 Å². The van der Waals surface area contributed by atoms with E-state index in [1.165, 1.54) is 6.08 Å². The number of pyridine rings is 1. The van der Waals surface area contributed by atoms with Crippen LogP contribution in [0.25, 0.3) is 6.08 Å². The molecule has 0 saturated carbocycles. The first-order valence-electron chi connectivity index (χ1n) is 10.7. The Morgan fingerprint density at radius 2 is 1.88 bits per heavy atom. The summed E-state index contributed by atoms with van der Waals surface area (Å²) in [6.07, 6.45) is 3.98. The molecule has 2 rings (SSSR count). The first-order chi connectivity index (χ1) is 15.8. The number of para-hydroxylation sites is 1. The second-order valence-electron chi connectivity index (χ2n) is 7.63. The first kappa shape index (κ1) is 25.7. The van der Waals surface area contributed by atoms with Gasteiger partial charge in [-0.1, -0.05) is 18.2 Å². The molecule has 0 aliphatic carbocycles. The van der Waals surface area contributed by atoms with E-state index in [1.54, 1.807) is 47.5 Å². The van der Waals surface area contributed by atoms with Crippen LogP contribution in [0.4, 0.5) is 5.69 Å². The fraction of sp³-hybridized carbons (Fsp3) is 0.333. The Morgan fingerprint density at radius 3 is 2.58 bits per heavy atom. The normalized spacial score (nSPS) is 11.0. The number of hydrogen-bond donors (Lipinski definition) is 3. The zero-order valence-corrected chi connectivity index (χ0v) is 19.2. The van der Waals surface area contributed by atoms with Gasteiger partial charge in [0.2, 0.25) is 5.91 Å². The van der Waals surface area contributed by atoms with Gasteiger partial charge in [0, 0.05) is 49.7 Å². The van der Waals surface area contributed by atoms with E-state index in [4.69, 9.17) is 5.11 Å². The minimum absolute atomic E-state index is 0.0132. The highest BCUT2D eigenvalue weighted by molar-refractivity contribution is 6.05. The van der Waals surface area contributed by atoms with Crippen molar-refractivity contribution in [2.45, 2.75) is 13.5 Å². The molecule has 176 valence electrons. The van der Waals surface area contributed by atoms with Crippen LogP contribution in [0.2, 0.25) is 0 Å². The zero-order chi connectivity index (χ0) is 24.2. The molecule has 0 bridgehead atoms. The minimum atomic E-state index is -1.07. The number of amides is 2. The number of anilines is 1. The number of likely N-dealkylation sites (N-methyl/N-ethyl adjacent to an activating group) is 2. The molecule has 0 saturated heterocycles. The highest BCUT2D eigenvalue weighted by Crippen LogP contribution is 2.18. The van der Waals surface area contributed by atoms with E-state index >= 15 is 0 Å². The maximum Gasteiger partial charge on any atom is 0.328 e. The van der Waals surface area contributed by atoms with E-state index in [-0.39, 0.29) is 18.4 Å². The molecule has 33 heavy (non-hydrogen) atoms. The summed E-state index contributed by atoms with van der Waals surface area (Å²) in [5, 5.41) is 14.7. The highest BCUT2D eigenvalue weighted by Gasteiger charge is 2.12. The average Bonchev–Trinajstić information content (AvgIpc) is 2.79. The van der Waals surface area contributed by atoms with Gasteiger partial charge in [-0.15, -0.1) is 0 Å². The van der Waals surface area contributed by atoms with Crippen LogP contribution in [0.3, 0.4) is 0 Å². The molecule has 0 fully saturated rings. The lowest BCUT2D eigenvalue weighted by molar-refractivity contribution is -0.131. The summed E-state index contributed by atoms with van der Waals surface area (Å²) in [7, 11) is 3.94. The molecule has 2 amide bonds. The van der Waals surface area contributed by atoms with Crippen molar-refractivity contribution in [1.29, 1.82) is 0 Å². The summed E-state index contributed by atoms with van der Waals surface area (Å²) in [5.41, 5.74) is 2.12. The number of carboxylic acid groups (broad SMARTS) is 1. The third kappa shape index (κ3) is 8.83. The van der Waals surface area contributed by atoms with Crippen LogP contribution >= 0.6 is 0 Å². The van der Waals surface area contributed by atoms with Crippen LogP contribution in [-0.2, 0) is 16.1 Å². The summed E-state index contributed by atoms with van der Waals surface area (Å²) in [5.74, 6) is -1.40. The standard InChI is InChI=1S/C24H31N5O4/c1-4-29(14-13-28(2)3)22(30)17-25-16-20-15-19(11-12-26-20)24(33)27-21-8-6-5-7-18(21)9-10-23(31)32/h5-12,15,25H,4,13-14,16-17H2,1-3H3,(H,27,33)(H,31,32)/b10-9+. The molecule has 0 atom stereocenters. The molecule has 0 aliphatic heterocycles. The zero-order valence-electron chi connectivity index (χ0n) is 19.2. The Balaban J connectivity index is 1.96. The summed E-state index contributed by atoms with van der Waals surface area (Å²) < 4.78 is 0. The van der Waals surface area contributed by atoms with Crippen LogP contribution in [0.1, 0.15) is 28.5 Å². The molecule has 9 heteroatoms. The topological polar surface area (TPSA) is 115 Å². The lowest BCUT2D eigenvalue weighted by atomic mass is 10.1. The summed E-state index contributed by atoms with van der Waals surface area (Å²) >= 11 is 0. The molecular weight excluding hydrogens is 422 g/mol. The Labute approximate surface area is 194 Å². The number of aliphatic carboxylic acids is 1. The maximum absolute atomic E-state index is 12.7. The van der Waals surface area contributed by atoms with Gasteiger partial charge in [0.1, 0.15) is 0 Å². The molecule has 1 aromatic heterocycles. The molecule has 0 unspecified atom stereocenters. The van der Waals surface area contributed by atoms with Crippen molar-refractivity contribution in [2.75, 3.05) is 45.6 Å². The van der Waals surface area contributed by atoms with Crippen molar-refractivity contribution in [3.63, 3.8) is 0 Å². The van der Waals surface area contributed by atoms with E-state index in [1.807, 2.05) is 25.9 Å². The SMILES string of the molecule is CCN(CCN(C)C)C(=O)CNCc1cc(C(=O)Nc2ccccc2/C=C/C(=O)O)ccn1. The lowest BCUT2D eigenvalue weighted by Gasteiger charge is -2.23. The number of nitrogens with zero attached hydrogens (tertiary/aromatic N) is 3. The van der Waals surface area contributed by atoms with Crippen LogP contribution in [0.15, 0.2) is 48.7 Å². The molecule has 2 aromatic rings. The Morgan fingerprint density at radius 1 is 1.12 bits per heavy atom. The second-order valence-corrected chi connectivity index (χ2v) is 7.63. The molecule has 1 aromatic carbocycles. The van der Waals surface area contributed by atoms with Gasteiger partial charge in [0.25, 0.3) is 5.91 Å². The van der Waals surface area contributed by atoms with Crippen molar-refractivity contribution in [2.24, 2.45) is 0 Å². The smallest absolute Gasteiger partial charge is 0.328 e. The van der Waals surface area contributed by atoms with E-state index in [2.05, 4.69) is 15.6 Å². The van der Waals surface area contributed by atoms with Gasteiger partial charge in [-0.25, -0.2) is 4.79 Å². The van der Waals surface area contributed by atoms with Gasteiger partial charge >= 0.3 is 5.97 Å². The minimum Gasteiger partial charge on any atom is -0.478 e. The molecule has 0 radical (unpaired) electrons. The van der Waals surface area contributed by atoms with Gasteiger partial charge in [0.05, 0.1) is 12.2 Å².